The van der Waals surface area contributed by atoms with Gasteiger partial charge >= 0.3 is 0 Å². The molecule has 5 aliphatic rings. The number of methoxy groups -OCH3 is 1. The van der Waals surface area contributed by atoms with Gasteiger partial charge in [-0.2, -0.15) is 0 Å². The maximum Gasteiger partial charge on any atom is 0.241 e. The zero-order chi connectivity index (χ0) is 29.7. The largest absolute Gasteiger partial charge is 0.391 e. The van der Waals surface area contributed by atoms with Crippen LogP contribution in [0, 0.1) is 29.6 Å². The molecule has 2 amide bonds. The molecule has 6 rings (SSSR count). The molecule has 1 heterocycles. The van der Waals surface area contributed by atoms with Crippen LogP contribution in [0.25, 0.3) is 0 Å². The molecule has 228 valence electrons. The first-order valence-corrected chi connectivity index (χ1v) is 15.8. The van der Waals surface area contributed by atoms with E-state index < -0.39 is 12.1 Å². The molecule has 0 radical (unpaired) electrons. The number of hydrogen-bond acceptors (Lipinski definition) is 6. The Kier molecular flexibility index (Phi) is 8.82. The summed E-state index contributed by atoms with van der Waals surface area (Å²) in [6.07, 6.45) is 4.99. The lowest BCUT2D eigenvalue weighted by Gasteiger charge is -2.59. The van der Waals surface area contributed by atoms with Gasteiger partial charge in [-0.1, -0.05) is 37.6 Å². The summed E-state index contributed by atoms with van der Waals surface area (Å²) in [5.41, 5.74) is 6.90. The van der Waals surface area contributed by atoms with Crippen LogP contribution in [0.15, 0.2) is 24.3 Å². The molecule has 0 aromatic heterocycles. The van der Waals surface area contributed by atoms with Crippen molar-refractivity contribution >= 4 is 29.1 Å². The summed E-state index contributed by atoms with van der Waals surface area (Å²) in [4.78, 5) is 30.6. The summed E-state index contributed by atoms with van der Waals surface area (Å²) in [5, 5.41) is 15.2. The van der Waals surface area contributed by atoms with Gasteiger partial charge in [-0.3, -0.25) is 14.5 Å². The van der Waals surface area contributed by atoms with E-state index in [4.69, 9.17) is 22.1 Å². The van der Waals surface area contributed by atoms with Gasteiger partial charge in [0.15, 0.2) is 0 Å². The van der Waals surface area contributed by atoms with Gasteiger partial charge in [-0.15, -0.1) is 0 Å². The average Bonchev–Trinajstić information content (AvgIpc) is 2.91. The zero-order valence-corrected chi connectivity index (χ0v) is 26.1. The van der Waals surface area contributed by atoms with E-state index in [1.54, 1.807) is 11.0 Å². The Morgan fingerprint density at radius 3 is 2.46 bits per heavy atom. The van der Waals surface area contributed by atoms with Gasteiger partial charge in [0.2, 0.25) is 11.8 Å². The van der Waals surface area contributed by atoms with Gasteiger partial charge in [0.05, 0.1) is 29.0 Å². The van der Waals surface area contributed by atoms with Gasteiger partial charge < -0.3 is 25.8 Å². The van der Waals surface area contributed by atoms with Crippen molar-refractivity contribution in [2.75, 3.05) is 31.6 Å². The summed E-state index contributed by atoms with van der Waals surface area (Å²) in [5.74, 6) is 1.35. The number of ether oxygens (including phenoxy) is 1. The highest BCUT2D eigenvalue weighted by atomic mass is 35.5. The second-order valence-corrected chi connectivity index (χ2v) is 14.7. The second kappa shape index (κ2) is 11.8. The molecule has 9 heteroatoms. The summed E-state index contributed by atoms with van der Waals surface area (Å²) in [6, 6.07) is 6.97. The molecule has 1 aromatic carbocycles. The molecule has 4 aliphatic carbocycles. The first-order valence-electron chi connectivity index (χ1n) is 15.4. The topological polar surface area (TPSA) is 108 Å². The maximum absolute atomic E-state index is 13.7. The normalized spacial score (nSPS) is 33.2. The van der Waals surface area contributed by atoms with Crippen molar-refractivity contribution in [2.45, 2.75) is 95.5 Å². The lowest BCUT2D eigenvalue weighted by molar-refractivity contribution is -0.162. The van der Waals surface area contributed by atoms with Crippen molar-refractivity contribution in [3.05, 3.63) is 29.3 Å². The van der Waals surface area contributed by atoms with E-state index in [2.05, 4.69) is 19.2 Å². The summed E-state index contributed by atoms with van der Waals surface area (Å²) in [6.45, 7) is 9.22. The Balaban J connectivity index is 1.19. The van der Waals surface area contributed by atoms with Gasteiger partial charge in [0, 0.05) is 43.7 Å². The summed E-state index contributed by atoms with van der Waals surface area (Å²) in [7, 11) is 1.84. The molecular weight excluding hydrogens is 540 g/mol. The molecule has 8 nitrogen and oxygen atoms in total. The summed E-state index contributed by atoms with van der Waals surface area (Å²) < 4.78 is 5.99. The highest BCUT2D eigenvalue weighted by molar-refractivity contribution is 6.33. The van der Waals surface area contributed by atoms with Gasteiger partial charge in [0.1, 0.15) is 0 Å². The van der Waals surface area contributed by atoms with E-state index in [-0.39, 0.29) is 47.4 Å². The molecule has 4 saturated carbocycles. The number of rotatable bonds is 10. The van der Waals surface area contributed by atoms with Crippen molar-refractivity contribution in [3.8, 4) is 0 Å². The molecule has 4 N–H and O–H groups in total. The van der Waals surface area contributed by atoms with Gasteiger partial charge in [-0.25, -0.2) is 0 Å². The number of nitrogens with one attached hydrogen (secondary N) is 1. The van der Waals surface area contributed by atoms with Gasteiger partial charge in [-0.05, 0) is 88.2 Å². The number of carbonyl (C=O) groups is 2. The zero-order valence-electron chi connectivity index (χ0n) is 25.3. The van der Waals surface area contributed by atoms with Crippen molar-refractivity contribution in [1.29, 1.82) is 0 Å². The van der Waals surface area contributed by atoms with E-state index >= 15 is 0 Å². The molecule has 5 atom stereocenters. The van der Waals surface area contributed by atoms with E-state index in [1.165, 1.54) is 12.8 Å². The number of nitrogens with two attached hydrogens (primary N) is 1. The number of carbonyl (C=O) groups excluding carboxylic acids is 2. The van der Waals surface area contributed by atoms with E-state index in [0.717, 1.165) is 19.3 Å². The molecular formula is C32H49ClN4O4. The monoisotopic (exact) mass is 588 g/mol. The third kappa shape index (κ3) is 6.19. The third-order valence-corrected chi connectivity index (χ3v) is 11.0. The fraction of sp³-hybridized carbons (Fsp3) is 0.750. The van der Waals surface area contributed by atoms with Crippen LogP contribution in [0.2, 0.25) is 5.02 Å². The van der Waals surface area contributed by atoms with Crippen LogP contribution in [0.4, 0.5) is 5.69 Å². The number of aliphatic hydroxyl groups is 1. The molecule has 1 saturated heterocycles. The second-order valence-electron chi connectivity index (χ2n) is 14.3. The molecule has 1 aliphatic heterocycles. The van der Waals surface area contributed by atoms with Crippen molar-refractivity contribution in [3.63, 3.8) is 0 Å². The number of benzene rings is 1. The molecule has 1 aromatic rings. The molecule has 4 bridgehead atoms. The standard InChI is InChI=1S/C32H49ClN4O4/c1-19(2)23(30(40)35-29-21-10-20-11-22(29)15-32(13-20,14-21)41-5)12-27(38)25(34)16-36-17-28(39)37(18-31(36,3)4)26-9-7-6-8-24(26)33/h6-9,19-23,25,27,29,38H,10-18,34H2,1-5H3,(H,35,40)/t20?,21?,22?,23-,25-,27-,29?,32?/m0/s1. The minimum Gasteiger partial charge on any atom is -0.391 e. The number of nitrogens with zero attached hydrogens (tertiary/aromatic N) is 2. The van der Waals surface area contributed by atoms with Gasteiger partial charge in [0.25, 0.3) is 0 Å². The number of halogens is 1. The number of aliphatic hydroxyl groups excluding tert-OH is 1. The average molecular weight is 589 g/mol. The van der Waals surface area contributed by atoms with Crippen molar-refractivity contribution in [1.82, 2.24) is 10.2 Å². The van der Waals surface area contributed by atoms with Crippen LogP contribution in [-0.4, -0.2) is 77.9 Å². The Labute approximate surface area is 250 Å². The predicted octanol–water partition coefficient (Wildman–Crippen LogP) is 3.83. The number of para-hydroxylation sites is 1. The fourth-order valence-corrected chi connectivity index (χ4v) is 8.68. The molecule has 5 fully saturated rings. The number of anilines is 1. The third-order valence-electron chi connectivity index (χ3n) is 10.7. The van der Waals surface area contributed by atoms with Crippen LogP contribution in [0.1, 0.15) is 66.2 Å². The van der Waals surface area contributed by atoms with Crippen molar-refractivity contribution < 1.29 is 19.4 Å². The van der Waals surface area contributed by atoms with E-state index in [9.17, 15) is 14.7 Å². The minimum atomic E-state index is -0.865. The minimum absolute atomic E-state index is 0.00609. The van der Waals surface area contributed by atoms with Crippen molar-refractivity contribution in [2.24, 2.45) is 35.3 Å². The quantitative estimate of drug-likeness (QED) is 0.383. The first kappa shape index (κ1) is 30.7. The number of amides is 2. The lowest BCUT2D eigenvalue weighted by atomic mass is 9.52. The summed E-state index contributed by atoms with van der Waals surface area (Å²) >= 11 is 6.39. The fourth-order valence-electron chi connectivity index (χ4n) is 8.44. The van der Waals surface area contributed by atoms with Crippen LogP contribution >= 0.6 is 11.6 Å². The predicted molar refractivity (Wildman–Crippen MR) is 162 cm³/mol. The van der Waals surface area contributed by atoms with Crippen LogP contribution in [0.5, 0.6) is 0 Å². The smallest absolute Gasteiger partial charge is 0.241 e. The molecule has 2 unspecified atom stereocenters. The van der Waals surface area contributed by atoms with Crippen LogP contribution < -0.4 is 16.0 Å². The molecule has 0 spiro atoms. The maximum atomic E-state index is 13.7. The lowest BCUT2D eigenvalue weighted by Crippen LogP contribution is -2.64. The SMILES string of the molecule is COC12CC3CC(C1)C(NC(=O)[C@@H](C[C@H](O)[C@@H](N)CN1CC(=O)N(c4ccccc4Cl)CC1(C)C)C(C)C)C(C3)C2. The Bertz CT molecular complexity index is 1110. The molecule has 41 heavy (non-hydrogen) atoms. The highest BCUT2D eigenvalue weighted by Gasteiger charge is 2.56. The Morgan fingerprint density at radius 2 is 1.85 bits per heavy atom. The Morgan fingerprint density at radius 1 is 1.20 bits per heavy atom. The highest BCUT2D eigenvalue weighted by Crippen LogP contribution is 2.57. The number of hydrogen-bond donors (Lipinski definition) is 3. The van der Waals surface area contributed by atoms with Crippen LogP contribution in [-0.2, 0) is 14.3 Å². The van der Waals surface area contributed by atoms with E-state index in [0.29, 0.717) is 48.0 Å². The Hall–Kier alpha value is -1.71. The van der Waals surface area contributed by atoms with E-state index in [1.807, 2.05) is 44.1 Å². The first-order chi connectivity index (χ1) is 19.3. The van der Waals surface area contributed by atoms with Crippen LogP contribution in [0.3, 0.4) is 0 Å². The number of piperazine rings is 1.